The largest absolute Gasteiger partial charge is 0.394 e. The molecule has 33 heavy (non-hydrogen) atoms. The van der Waals surface area contributed by atoms with Crippen LogP contribution >= 0.6 is 0 Å². The van der Waals surface area contributed by atoms with Gasteiger partial charge in [0, 0.05) is 6.61 Å². The van der Waals surface area contributed by atoms with Crippen LogP contribution in [0.1, 0.15) is 58.3 Å². The van der Waals surface area contributed by atoms with Crippen LogP contribution in [0.4, 0.5) is 0 Å². The fourth-order valence-corrected chi connectivity index (χ4v) is 4.13. The van der Waals surface area contributed by atoms with Crippen molar-refractivity contribution in [2.24, 2.45) is 0 Å². The van der Waals surface area contributed by atoms with Gasteiger partial charge in [-0.25, -0.2) is 0 Å². The molecule has 10 atom stereocenters. The molecule has 0 amide bonds. The Morgan fingerprint density at radius 2 is 1.15 bits per heavy atom. The molecule has 2 saturated heterocycles. The van der Waals surface area contributed by atoms with Crippen LogP contribution < -0.4 is 0 Å². The number of ether oxygens (including phenoxy) is 4. The lowest BCUT2D eigenvalue weighted by Crippen LogP contribution is -2.64. The minimum atomic E-state index is -1.69. The van der Waals surface area contributed by atoms with E-state index in [2.05, 4.69) is 6.92 Å². The molecule has 0 saturated carbocycles. The van der Waals surface area contributed by atoms with Gasteiger partial charge in [-0.1, -0.05) is 51.9 Å². The van der Waals surface area contributed by atoms with Crippen molar-refractivity contribution in [2.75, 3.05) is 19.8 Å². The van der Waals surface area contributed by atoms with Crippen LogP contribution in [0, 0.1) is 0 Å². The maximum atomic E-state index is 10.6. The number of aliphatic hydroxyl groups is 7. The van der Waals surface area contributed by atoms with Crippen LogP contribution in [0.15, 0.2) is 0 Å². The van der Waals surface area contributed by atoms with Crippen molar-refractivity contribution in [3.05, 3.63) is 0 Å². The molecule has 11 nitrogen and oxygen atoms in total. The SMILES string of the molecule is CCCCCCCCCCOC1OC(CO)[C@@H](O[C@H]2OC(CO)[C@@H](O)[C@H](O)C2O)C(O)[C@H]1O. The molecule has 2 heterocycles. The van der Waals surface area contributed by atoms with Gasteiger partial charge in [0.2, 0.25) is 0 Å². The molecular formula is C22H42O11. The Morgan fingerprint density at radius 1 is 0.606 bits per heavy atom. The number of hydrogen-bond acceptors (Lipinski definition) is 11. The summed E-state index contributed by atoms with van der Waals surface area (Å²) in [4.78, 5) is 0. The van der Waals surface area contributed by atoms with Crippen LogP contribution in [0.2, 0.25) is 0 Å². The van der Waals surface area contributed by atoms with Crippen molar-refractivity contribution in [2.45, 2.75) is 120 Å². The first kappa shape index (κ1) is 28.8. The molecule has 0 spiro atoms. The molecule has 2 rings (SSSR count). The third-order valence-electron chi connectivity index (χ3n) is 6.24. The van der Waals surface area contributed by atoms with Gasteiger partial charge in [-0.2, -0.15) is 0 Å². The molecule has 0 aromatic carbocycles. The van der Waals surface area contributed by atoms with E-state index >= 15 is 0 Å². The first-order valence-corrected chi connectivity index (χ1v) is 12.1. The monoisotopic (exact) mass is 482 g/mol. The van der Waals surface area contributed by atoms with E-state index in [9.17, 15) is 35.7 Å². The van der Waals surface area contributed by atoms with Gasteiger partial charge in [-0.3, -0.25) is 0 Å². The number of rotatable bonds is 14. The molecule has 7 N–H and O–H groups in total. The van der Waals surface area contributed by atoms with E-state index in [-0.39, 0.29) is 0 Å². The first-order chi connectivity index (χ1) is 15.8. The molecule has 0 aromatic heterocycles. The Bertz CT molecular complexity index is 521. The van der Waals surface area contributed by atoms with Crippen LogP contribution in [0.5, 0.6) is 0 Å². The summed E-state index contributed by atoms with van der Waals surface area (Å²) in [5, 5.41) is 69.9. The van der Waals surface area contributed by atoms with E-state index in [1.54, 1.807) is 0 Å². The van der Waals surface area contributed by atoms with Gasteiger partial charge in [-0.05, 0) is 6.42 Å². The lowest BCUT2D eigenvalue weighted by atomic mass is 9.97. The quantitative estimate of drug-likeness (QED) is 0.147. The molecule has 2 aliphatic rings. The Kier molecular flexibility index (Phi) is 13.0. The molecule has 0 aromatic rings. The van der Waals surface area contributed by atoms with Gasteiger partial charge in [0.1, 0.15) is 48.8 Å². The molecular weight excluding hydrogens is 440 g/mol. The summed E-state index contributed by atoms with van der Waals surface area (Å²) >= 11 is 0. The van der Waals surface area contributed by atoms with Gasteiger partial charge in [0.05, 0.1) is 13.2 Å². The van der Waals surface area contributed by atoms with E-state index in [1.807, 2.05) is 0 Å². The third-order valence-corrected chi connectivity index (χ3v) is 6.24. The molecule has 196 valence electrons. The van der Waals surface area contributed by atoms with Gasteiger partial charge in [-0.15, -0.1) is 0 Å². The van der Waals surface area contributed by atoms with Crippen molar-refractivity contribution in [1.82, 2.24) is 0 Å². The summed E-state index contributed by atoms with van der Waals surface area (Å²) in [5.74, 6) is 0. The zero-order chi connectivity index (χ0) is 24.4. The third kappa shape index (κ3) is 8.04. The summed E-state index contributed by atoms with van der Waals surface area (Å²) in [6, 6.07) is 0. The zero-order valence-corrected chi connectivity index (χ0v) is 19.3. The van der Waals surface area contributed by atoms with Crippen LogP contribution in [-0.4, -0.2) is 117 Å². The summed E-state index contributed by atoms with van der Waals surface area (Å²) in [5.41, 5.74) is 0. The van der Waals surface area contributed by atoms with E-state index in [4.69, 9.17) is 18.9 Å². The summed E-state index contributed by atoms with van der Waals surface area (Å²) in [7, 11) is 0. The van der Waals surface area contributed by atoms with Gasteiger partial charge in [0.15, 0.2) is 12.6 Å². The first-order valence-electron chi connectivity index (χ1n) is 12.1. The van der Waals surface area contributed by atoms with Crippen molar-refractivity contribution in [3.63, 3.8) is 0 Å². The lowest BCUT2D eigenvalue weighted by molar-refractivity contribution is -0.359. The smallest absolute Gasteiger partial charge is 0.187 e. The highest BCUT2D eigenvalue weighted by atomic mass is 16.7. The Labute approximate surface area is 194 Å². The summed E-state index contributed by atoms with van der Waals surface area (Å²) < 4.78 is 22.0. The summed E-state index contributed by atoms with van der Waals surface area (Å²) in [6.45, 7) is 1.28. The lowest BCUT2D eigenvalue weighted by Gasteiger charge is -2.45. The van der Waals surface area contributed by atoms with Crippen molar-refractivity contribution < 1.29 is 54.7 Å². The van der Waals surface area contributed by atoms with Gasteiger partial charge < -0.3 is 54.7 Å². The average Bonchev–Trinajstić information content (AvgIpc) is 2.82. The van der Waals surface area contributed by atoms with Crippen molar-refractivity contribution in [3.8, 4) is 0 Å². The van der Waals surface area contributed by atoms with E-state index in [0.717, 1.165) is 19.3 Å². The highest BCUT2D eigenvalue weighted by Gasteiger charge is 2.50. The fourth-order valence-electron chi connectivity index (χ4n) is 4.13. The van der Waals surface area contributed by atoms with Crippen LogP contribution in [0.25, 0.3) is 0 Å². The second-order valence-electron chi connectivity index (χ2n) is 8.85. The average molecular weight is 483 g/mol. The molecule has 2 fully saturated rings. The maximum Gasteiger partial charge on any atom is 0.187 e. The predicted octanol–water partition coefficient (Wildman–Crippen LogP) is -1.23. The molecule has 0 aliphatic carbocycles. The Hall–Kier alpha value is -0.440. The fraction of sp³-hybridized carbons (Fsp3) is 1.00. The number of unbranched alkanes of at least 4 members (excludes halogenated alkanes) is 7. The van der Waals surface area contributed by atoms with Crippen molar-refractivity contribution >= 4 is 0 Å². The minimum absolute atomic E-state index is 0.319. The zero-order valence-electron chi connectivity index (χ0n) is 19.3. The maximum absolute atomic E-state index is 10.6. The second kappa shape index (κ2) is 14.8. The van der Waals surface area contributed by atoms with Crippen LogP contribution in [0.3, 0.4) is 0 Å². The Balaban J connectivity index is 1.82. The van der Waals surface area contributed by atoms with E-state index in [1.165, 1.54) is 32.1 Å². The Morgan fingerprint density at radius 3 is 1.76 bits per heavy atom. The van der Waals surface area contributed by atoms with Crippen molar-refractivity contribution in [1.29, 1.82) is 0 Å². The number of aliphatic hydroxyl groups excluding tert-OH is 7. The second-order valence-corrected chi connectivity index (χ2v) is 8.85. The van der Waals surface area contributed by atoms with Crippen LogP contribution in [-0.2, 0) is 18.9 Å². The summed E-state index contributed by atoms with van der Waals surface area (Å²) in [6.07, 6.45) is -5.35. The topological polar surface area (TPSA) is 179 Å². The van der Waals surface area contributed by atoms with E-state index in [0.29, 0.717) is 6.61 Å². The molecule has 0 bridgehead atoms. The van der Waals surface area contributed by atoms with Gasteiger partial charge >= 0.3 is 0 Å². The highest BCUT2D eigenvalue weighted by molar-refractivity contribution is 4.94. The van der Waals surface area contributed by atoms with Gasteiger partial charge in [0.25, 0.3) is 0 Å². The molecule has 0 radical (unpaired) electrons. The molecule has 5 unspecified atom stereocenters. The minimum Gasteiger partial charge on any atom is -0.394 e. The highest BCUT2D eigenvalue weighted by Crippen LogP contribution is 2.29. The number of hydrogen-bond donors (Lipinski definition) is 7. The standard InChI is InChI=1S/C22H42O11/c1-2-3-4-5-6-7-8-9-10-30-21-19(29)17(27)20(14(12-24)32-21)33-22-18(28)16(26)15(25)13(11-23)31-22/h13-29H,2-12H2,1H3/t13?,14?,15-,16+,17?,18?,19-,20-,21?,22-/m1/s1. The molecule has 2 aliphatic heterocycles. The predicted molar refractivity (Wildman–Crippen MR) is 115 cm³/mol. The van der Waals surface area contributed by atoms with E-state index < -0.39 is 74.6 Å². The molecule has 11 heteroatoms. The normalized spacial score (nSPS) is 39.6.